The van der Waals surface area contributed by atoms with Crippen molar-refractivity contribution in [3.63, 3.8) is 0 Å². The summed E-state index contributed by atoms with van der Waals surface area (Å²) in [6.45, 7) is 12.3. The van der Waals surface area contributed by atoms with Gasteiger partial charge in [-0.1, -0.05) is 29.2 Å². The zero-order valence-corrected chi connectivity index (χ0v) is 29.6. The fraction of sp³-hybridized carbons (Fsp3) is 0.765. The van der Waals surface area contributed by atoms with Gasteiger partial charge in [0, 0.05) is 61.2 Å². The van der Waals surface area contributed by atoms with Crippen LogP contribution in [-0.4, -0.2) is 92.9 Å². The molecule has 10 nitrogen and oxygen atoms in total. The first-order valence-electron chi connectivity index (χ1n) is 16.7. The molecule has 262 valence electrons. The molecule has 8 N–H and O–H groups in total. The highest BCUT2D eigenvalue weighted by Crippen LogP contribution is 2.41. The number of hydrogen-bond donors (Lipinski definition) is 8. The molecule has 5 aliphatic heterocycles. The summed E-state index contributed by atoms with van der Waals surface area (Å²) in [6, 6.07) is 0.414. The Balaban J connectivity index is 0.00000288. The first kappa shape index (κ1) is 38.9. The van der Waals surface area contributed by atoms with Crippen molar-refractivity contribution in [3.05, 3.63) is 33.4 Å². The molecule has 0 amide bonds. The number of carboxylic acids is 2. The summed E-state index contributed by atoms with van der Waals surface area (Å²) >= 11 is 0. The predicted octanol–water partition coefficient (Wildman–Crippen LogP) is 3.46. The molecule has 0 spiro atoms. The molecule has 0 aliphatic carbocycles. The third kappa shape index (κ3) is 7.86. The van der Waals surface area contributed by atoms with Gasteiger partial charge in [0.15, 0.2) is 0 Å². The number of halogens is 2. The number of rotatable bonds is 8. The second-order valence-corrected chi connectivity index (χ2v) is 14.3. The molecule has 2 saturated heterocycles. The van der Waals surface area contributed by atoms with E-state index < -0.39 is 24.1 Å². The van der Waals surface area contributed by atoms with E-state index in [1.165, 1.54) is 22.3 Å². The zero-order valence-electron chi connectivity index (χ0n) is 28.0. The number of aliphatic hydroxyl groups excluding tert-OH is 2. The molecular formula is C34H56Cl2N4O6. The highest BCUT2D eigenvalue weighted by Gasteiger charge is 2.46. The zero-order chi connectivity index (χ0) is 32.0. The quantitative estimate of drug-likeness (QED) is 0.178. The van der Waals surface area contributed by atoms with E-state index in [0.717, 1.165) is 36.8 Å². The van der Waals surface area contributed by atoms with Crippen molar-refractivity contribution in [2.75, 3.05) is 0 Å². The first-order valence-corrected chi connectivity index (χ1v) is 16.7. The first-order chi connectivity index (χ1) is 20.8. The van der Waals surface area contributed by atoms with Gasteiger partial charge in [0.25, 0.3) is 0 Å². The summed E-state index contributed by atoms with van der Waals surface area (Å²) in [6.07, 6.45) is 3.23. The van der Waals surface area contributed by atoms with Gasteiger partial charge in [0.1, 0.15) is 0 Å². The van der Waals surface area contributed by atoms with Crippen LogP contribution in [0.5, 0.6) is 0 Å². The van der Waals surface area contributed by atoms with Crippen LogP contribution in [-0.2, 0) is 9.59 Å². The molecule has 0 aromatic carbocycles. The van der Waals surface area contributed by atoms with E-state index in [1.54, 1.807) is 0 Å². The van der Waals surface area contributed by atoms with Crippen molar-refractivity contribution in [1.29, 1.82) is 0 Å². The summed E-state index contributed by atoms with van der Waals surface area (Å²) in [5, 5.41) is 56.5. The maximum absolute atomic E-state index is 11.7. The molecule has 12 atom stereocenters. The number of hydrogen-bond acceptors (Lipinski definition) is 8. The average Bonchev–Trinajstić information content (AvgIpc) is 3.59. The van der Waals surface area contributed by atoms with Crippen LogP contribution in [0.4, 0.5) is 0 Å². The normalized spacial score (nSPS) is 37.2. The lowest BCUT2D eigenvalue weighted by molar-refractivity contribution is -0.138. The molecule has 2 fully saturated rings. The maximum atomic E-state index is 11.7. The summed E-state index contributed by atoms with van der Waals surface area (Å²) in [4.78, 5) is 23.3. The van der Waals surface area contributed by atoms with Crippen molar-refractivity contribution in [2.24, 2.45) is 11.8 Å². The summed E-state index contributed by atoms with van der Waals surface area (Å²) in [5.41, 5.74) is 6.82. The Labute approximate surface area is 286 Å². The largest absolute Gasteiger partial charge is 0.481 e. The molecular weight excluding hydrogens is 631 g/mol. The topological polar surface area (TPSA) is 163 Å². The van der Waals surface area contributed by atoms with Crippen molar-refractivity contribution in [2.45, 2.75) is 153 Å². The Morgan fingerprint density at radius 3 is 1.65 bits per heavy atom. The molecule has 0 aromatic rings. The second kappa shape index (κ2) is 15.8. The summed E-state index contributed by atoms with van der Waals surface area (Å²) in [7, 11) is 0. The SMILES string of the molecule is CC1=C(CCC(=O)O)C2CC3NC(CC4NC(CC5NC(CC1N2)C(C)=C5C(C)O)C(C)=C4C(C)O)C(C)C3CCC(=O)O.Cl.Cl. The van der Waals surface area contributed by atoms with Gasteiger partial charge in [-0.2, -0.15) is 0 Å². The second-order valence-electron chi connectivity index (χ2n) is 14.3. The van der Waals surface area contributed by atoms with Crippen molar-refractivity contribution in [1.82, 2.24) is 21.3 Å². The summed E-state index contributed by atoms with van der Waals surface area (Å²) in [5.74, 6) is -1.19. The van der Waals surface area contributed by atoms with Gasteiger partial charge in [0.05, 0.1) is 12.2 Å². The van der Waals surface area contributed by atoms with Crippen LogP contribution in [0.1, 0.15) is 92.9 Å². The number of carbonyl (C=O) groups is 2. The number of nitrogens with one attached hydrogen (secondary N) is 4. The Morgan fingerprint density at radius 2 is 1.13 bits per heavy atom. The molecule has 12 unspecified atom stereocenters. The Kier molecular flexibility index (Phi) is 13.4. The van der Waals surface area contributed by atoms with Crippen LogP contribution in [0.25, 0.3) is 0 Å². The lowest BCUT2D eigenvalue weighted by Crippen LogP contribution is -2.46. The van der Waals surface area contributed by atoms with E-state index in [2.05, 4.69) is 49.0 Å². The molecule has 46 heavy (non-hydrogen) atoms. The van der Waals surface area contributed by atoms with E-state index in [-0.39, 0.29) is 97.8 Å². The third-order valence-corrected chi connectivity index (χ3v) is 11.7. The van der Waals surface area contributed by atoms with Crippen LogP contribution in [0.15, 0.2) is 33.4 Å². The third-order valence-electron chi connectivity index (χ3n) is 11.7. The number of carboxylic acid groups (broad SMARTS) is 2. The lowest BCUT2D eigenvalue weighted by Gasteiger charge is -2.28. The van der Waals surface area contributed by atoms with Gasteiger partial charge in [-0.15, -0.1) is 24.8 Å². The van der Waals surface area contributed by atoms with E-state index in [4.69, 9.17) is 0 Å². The monoisotopic (exact) mass is 686 g/mol. The van der Waals surface area contributed by atoms with Gasteiger partial charge >= 0.3 is 11.9 Å². The van der Waals surface area contributed by atoms with Gasteiger partial charge in [0.2, 0.25) is 0 Å². The van der Waals surface area contributed by atoms with Crippen molar-refractivity contribution < 1.29 is 30.0 Å². The van der Waals surface area contributed by atoms with Crippen LogP contribution in [0.2, 0.25) is 0 Å². The van der Waals surface area contributed by atoms with Crippen molar-refractivity contribution in [3.8, 4) is 0 Å². The molecule has 8 bridgehead atoms. The van der Waals surface area contributed by atoms with E-state index >= 15 is 0 Å². The fourth-order valence-electron chi connectivity index (χ4n) is 9.50. The van der Waals surface area contributed by atoms with E-state index in [1.807, 2.05) is 13.8 Å². The minimum atomic E-state index is -0.807. The van der Waals surface area contributed by atoms with Gasteiger partial charge in [-0.25, -0.2) is 0 Å². The minimum absolute atomic E-state index is 0. The molecule has 0 radical (unpaired) electrons. The molecule has 5 heterocycles. The van der Waals surface area contributed by atoms with E-state index in [9.17, 15) is 30.0 Å². The molecule has 12 heteroatoms. The van der Waals surface area contributed by atoms with E-state index in [0.29, 0.717) is 12.8 Å². The molecule has 0 saturated carbocycles. The summed E-state index contributed by atoms with van der Waals surface area (Å²) < 4.78 is 0. The van der Waals surface area contributed by atoms with Crippen LogP contribution in [0.3, 0.4) is 0 Å². The van der Waals surface area contributed by atoms with Crippen LogP contribution < -0.4 is 21.3 Å². The lowest BCUT2D eigenvalue weighted by atomic mass is 9.80. The van der Waals surface area contributed by atoms with Gasteiger partial charge in [-0.05, 0) is 96.1 Å². The van der Waals surface area contributed by atoms with Gasteiger partial charge < -0.3 is 41.7 Å². The highest BCUT2D eigenvalue weighted by molar-refractivity contribution is 5.85. The highest BCUT2D eigenvalue weighted by atomic mass is 35.5. The standard InChI is InChI=1S/C34H54N4O6.2ClH/c1-15-21(7-9-31(41)42)27-14-28-22(8-10-32(43)44)16(2)24(36-28)12-29-34(20(6)40)18(4)26(38-29)13-30-33(19(5)39)17(3)25(37-30)11-23(15)35-27;;/h16,19-20,22-30,35-40H,7-14H2,1-6H3,(H,41,42)(H,43,44);2*1H. The average molecular weight is 688 g/mol. The van der Waals surface area contributed by atoms with Crippen LogP contribution >= 0.6 is 24.8 Å². The van der Waals surface area contributed by atoms with Crippen LogP contribution in [0, 0.1) is 11.8 Å². The number of aliphatic hydroxyl groups is 2. The number of fused-ring (bicyclic) bond motifs is 8. The van der Waals surface area contributed by atoms with Crippen molar-refractivity contribution >= 4 is 36.8 Å². The smallest absolute Gasteiger partial charge is 0.303 e. The Bertz CT molecular complexity index is 1240. The Hall–Kier alpha value is -1.50. The fourth-order valence-corrected chi connectivity index (χ4v) is 9.50. The van der Waals surface area contributed by atoms with Gasteiger partial charge in [-0.3, -0.25) is 9.59 Å². The maximum Gasteiger partial charge on any atom is 0.303 e. The molecule has 0 aromatic heterocycles. The predicted molar refractivity (Wildman–Crippen MR) is 184 cm³/mol. The molecule has 5 rings (SSSR count). The molecule has 5 aliphatic rings. The Morgan fingerprint density at radius 1 is 0.674 bits per heavy atom. The number of aliphatic carboxylic acids is 2. The minimum Gasteiger partial charge on any atom is -0.481 e.